The summed E-state index contributed by atoms with van der Waals surface area (Å²) in [6, 6.07) is 10.2. The summed E-state index contributed by atoms with van der Waals surface area (Å²) in [6.45, 7) is 3.47. The van der Waals surface area contributed by atoms with Crippen molar-refractivity contribution in [3.63, 3.8) is 0 Å². The number of ether oxygens (including phenoxy) is 1. The van der Waals surface area contributed by atoms with Crippen molar-refractivity contribution in [2.45, 2.75) is 20.2 Å². The van der Waals surface area contributed by atoms with E-state index in [0.29, 0.717) is 33.4 Å². The van der Waals surface area contributed by atoms with Crippen molar-refractivity contribution in [2.24, 2.45) is 0 Å². The lowest BCUT2D eigenvalue weighted by Crippen LogP contribution is -2.22. The lowest BCUT2D eigenvalue weighted by Gasteiger charge is -2.13. The first-order valence-corrected chi connectivity index (χ1v) is 8.01. The maximum atomic E-state index is 12.7. The van der Waals surface area contributed by atoms with Crippen LogP contribution in [0, 0.1) is 0 Å². The second-order valence-electron chi connectivity index (χ2n) is 5.88. The van der Waals surface area contributed by atoms with Gasteiger partial charge in [0.25, 0.3) is 5.56 Å². The first-order chi connectivity index (χ1) is 12.7. The van der Waals surface area contributed by atoms with Crippen LogP contribution in [0.5, 0.6) is 5.75 Å². The van der Waals surface area contributed by atoms with Gasteiger partial charge in [-0.25, -0.2) is 4.68 Å². The first kappa shape index (κ1) is 18.5. The number of nitrogen functional groups attached to an aromatic ring is 1. The van der Waals surface area contributed by atoms with Gasteiger partial charge in [0.15, 0.2) is 0 Å². The molecule has 1 aromatic heterocycles. The highest BCUT2D eigenvalue weighted by molar-refractivity contribution is 5.96. The molecule has 0 saturated carbocycles. The monoisotopic (exact) mass is 375 g/mol. The largest absolute Gasteiger partial charge is 0.573 e. The molecule has 2 aromatic carbocycles. The van der Waals surface area contributed by atoms with Crippen LogP contribution in [0.1, 0.15) is 13.8 Å². The molecule has 0 spiro atoms. The summed E-state index contributed by atoms with van der Waals surface area (Å²) in [5.74, 6) is -0.376. The van der Waals surface area contributed by atoms with Gasteiger partial charge in [-0.3, -0.25) is 4.79 Å². The Morgan fingerprint density at radius 3 is 2.59 bits per heavy atom. The quantitative estimate of drug-likeness (QED) is 0.688. The second kappa shape index (κ2) is 6.79. The lowest BCUT2D eigenvalue weighted by atomic mass is 10.0. The Kier molecular flexibility index (Phi) is 4.65. The number of rotatable bonds is 3. The van der Waals surface area contributed by atoms with E-state index in [0.717, 1.165) is 0 Å². The van der Waals surface area contributed by atoms with Crippen LogP contribution in [0.2, 0.25) is 0 Å². The smallest absolute Gasteiger partial charge is 0.406 e. The molecule has 140 valence electrons. The number of aromatic nitrogens is 2. The van der Waals surface area contributed by atoms with Crippen molar-refractivity contribution < 1.29 is 17.9 Å². The summed E-state index contributed by atoms with van der Waals surface area (Å²) in [5.41, 5.74) is 7.18. The van der Waals surface area contributed by atoms with E-state index in [1.807, 2.05) is 0 Å². The molecule has 3 rings (SSSR count). The minimum atomic E-state index is -4.81. The highest BCUT2D eigenvalue weighted by Gasteiger charge is 2.31. The highest BCUT2D eigenvalue weighted by atomic mass is 19.4. The van der Waals surface area contributed by atoms with E-state index in [-0.39, 0.29) is 11.3 Å². The summed E-state index contributed by atoms with van der Waals surface area (Å²) < 4.78 is 42.8. The Hall–Kier alpha value is -3.29. The fourth-order valence-corrected chi connectivity index (χ4v) is 2.67. The molecular formula is C19H16F3N3O2. The Bertz CT molecular complexity index is 1100. The minimum absolute atomic E-state index is 0.325. The Labute approximate surface area is 152 Å². The first-order valence-electron chi connectivity index (χ1n) is 8.01. The van der Waals surface area contributed by atoms with E-state index in [1.54, 1.807) is 44.2 Å². The van der Waals surface area contributed by atoms with E-state index in [9.17, 15) is 18.0 Å². The number of anilines is 1. The van der Waals surface area contributed by atoms with Crippen molar-refractivity contribution in [1.82, 2.24) is 9.78 Å². The Balaban J connectivity index is 2.31. The number of nitrogens with zero attached hydrogens (tertiary/aromatic N) is 2. The minimum Gasteiger partial charge on any atom is -0.406 e. The summed E-state index contributed by atoms with van der Waals surface area (Å²) in [5, 5.41) is 5.17. The van der Waals surface area contributed by atoms with Gasteiger partial charge < -0.3 is 10.5 Å². The molecule has 0 aliphatic carbocycles. The van der Waals surface area contributed by atoms with Crippen LogP contribution in [-0.2, 0) is 0 Å². The third kappa shape index (κ3) is 3.79. The predicted molar refractivity (Wildman–Crippen MR) is 98.2 cm³/mol. The fraction of sp³-hybridized carbons (Fsp3) is 0.158. The number of hydrogen-bond donors (Lipinski definition) is 1. The van der Waals surface area contributed by atoms with Crippen molar-refractivity contribution in [3.05, 3.63) is 58.9 Å². The molecule has 0 saturated heterocycles. The van der Waals surface area contributed by atoms with E-state index in [1.165, 1.54) is 22.9 Å². The highest BCUT2D eigenvalue weighted by Crippen LogP contribution is 2.31. The predicted octanol–water partition coefficient (Wildman–Crippen LogP) is 4.43. The van der Waals surface area contributed by atoms with Crippen LogP contribution < -0.4 is 16.0 Å². The van der Waals surface area contributed by atoms with E-state index in [4.69, 9.17) is 5.73 Å². The van der Waals surface area contributed by atoms with Crippen LogP contribution in [-0.4, -0.2) is 16.1 Å². The van der Waals surface area contributed by atoms with Crippen molar-refractivity contribution in [3.8, 4) is 17.0 Å². The molecule has 0 radical (unpaired) electrons. The Morgan fingerprint density at radius 1 is 1.19 bits per heavy atom. The number of halogens is 3. The lowest BCUT2D eigenvalue weighted by molar-refractivity contribution is -0.274. The van der Waals surface area contributed by atoms with Crippen LogP contribution >= 0.6 is 0 Å². The van der Waals surface area contributed by atoms with Gasteiger partial charge in [-0.1, -0.05) is 18.2 Å². The number of allylic oxidation sites excluding steroid dienone is 2. The molecule has 0 aliphatic rings. The molecule has 0 atom stereocenters. The number of benzene rings is 2. The van der Waals surface area contributed by atoms with E-state index in [2.05, 4.69) is 9.84 Å². The van der Waals surface area contributed by atoms with Gasteiger partial charge in [0.2, 0.25) is 0 Å². The molecule has 2 N–H and O–H groups in total. The van der Waals surface area contributed by atoms with Crippen molar-refractivity contribution in [1.29, 1.82) is 0 Å². The SMILES string of the molecule is C/C=C(\C)n1nc(-c2cccc(OC(F)(F)F)c2)c2cc(N)ccc2c1=O. The van der Waals surface area contributed by atoms with Crippen molar-refractivity contribution in [2.75, 3.05) is 5.73 Å². The van der Waals surface area contributed by atoms with Gasteiger partial charge in [-0.2, -0.15) is 5.10 Å². The second-order valence-corrected chi connectivity index (χ2v) is 5.88. The number of fused-ring (bicyclic) bond motifs is 1. The van der Waals surface area contributed by atoms with Gasteiger partial charge in [-0.05, 0) is 44.2 Å². The molecule has 5 nitrogen and oxygen atoms in total. The topological polar surface area (TPSA) is 70.1 Å². The van der Waals surface area contributed by atoms with Gasteiger partial charge >= 0.3 is 6.36 Å². The normalized spacial score (nSPS) is 12.4. The summed E-state index contributed by atoms with van der Waals surface area (Å²) in [6.07, 6.45) is -3.09. The third-order valence-corrected chi connectivity index (χ3v) is 4.01. The maximum absolute atomic E-state index is 12.7. The maximum Gasteiger partial charge on any atom is 0.573 e. The van der Waals surface area contributed by atoms with E-state index >= 15 is 0 Å². The molecule has 1 heterocycles. The number of hydrogen-bond acceptors (Lipinski definition) is 4. The van der Waals surface area contributed by atoms with Crippen LogP contribution in [0.4, 0.5) is 18.9 Å². The van der Waals surface area contributed by atoms with E-state index < -0.39 is 6.36 Å². The van der Waals surface area contributed by atoms with Crippen LogP contribution in [0.25, 0.3) is 27.7 Å². The van der Waals surface area contributed by atoms with Crippen LogP contribution in [0.15, 0.2) is 53.3 Å². The van der Waals surface area contributed by atoms with Gasteiger partial charge in [0.05, 0.1) is 11.1 Å². The molecule has 27 heavy (non-hydrogen) atoms. The Morgan fingerprint density at radius 2 is 1.93 bits per heavy atom. The third-order valence-electron chi connectivity index (χ3n) is 4.01. The number of nitrogens with two attached hydrogens (primary N) is 1. The summed E-state index contributed by atoms with van der Waals surface area (Å²) in [4.78, 5) is 12.7. The molecule has 0 fully saturated rings. The van der Waals surface area contributed by atoms with Gasteiger partial charge in [0, 0.05) is 22.3 Å². The van der Waals surface area contributed by atoms with Crippen LogP contribution in [0.3, 0.4) is 0 Å². The zero-order chi connectivity index (χ0) is 19.8. The zero-order valence-electron chi connectivity index (χ0n) is 14.5. The molecule has 3 aromatic rings. The standard InChI is InChI=1S/C19H16F3N3O2/c1-3-11(2)25-18(26)15-8-7-13(23)10-16(15)17(24-25)12-5-4-6-14(9-12)27-19(20,21)22/h3-10H,23H2,1-2H3/b11-3+. The van der Waals surface area contributed by atoms with Crippen molar-refractivity contribution >= 4 is 22.2 Å². The molecule has 0 unspecified atom stereocenters. The van der Waals surface area contributed by atoms with Gasteiger partial charge in [0.1, 0.15) is 5.75 Å². The molecular weight excluding hydrogens is 359 g/mol. The fourth-order valence-electron chi connectivity index (χ4n) is 2.67. The number of alkyl halides is 3. The molecule has 0 amide bonds. The molecule has 0 bridgehead atoms. The molecule has 0 aliphatic heterocycles. The summed E-state index contributed by atoms with van der Waals surface area (Å²) in [7, 11) is 0. The van der Waals surface area contributed by atoms with Gasteiger partial charge in [-0.15, -0.1) is 13.2 Å². The zero-order valence-corrected chi connectivity index (χ0v) is 14.5. The molecule has 8 heteroatoms. The summed E-state index contributed by atoms with van der Waals surface area (Å²) >= 11 is 0. The average Bonchev–Trinajstić information content (AvgIpc) is 2.60. The average molecular weight is 375 g/mol.